The van der Waals surface area contributed by atoms with Crippen LogP contribution in [0, 0.1) is 0 Å². The van der Waals surface area contributed by atoms with Crippen molar-refractivity contribution in [3.05, 3.63) is 17.8 Å². The van der Waals surface area contributed by atoms with Crippen molar-refractivity contribution in [3.63, 3.8) is 0 Å². The predicted molar refractivity (Wildman–Crippen MR) is 52.4 cm³/mol. The molecule has 0 spiro atoms. The molecule has 1 aromatic rings. The lowest BCUT2D eigenvalue weighted by atomic mass is 10.2. The van der Waals surface area contributed by atoms with Gasteiger partial charge in [0.15, 0.2) is 0 Å². The fourth-order valence-electron chi connectivity index (χ4n) is 1.73. The number of aromatic nitrogens is 1. The molecule has 1 fully saturated rings. The molecular formula is C10H14N2O3. The van der Waals surface area contributed by atoms with Crippen LogP contribution in [0.25, 0.3) is 0 Å². The first-order chi connectivity index (χ1) is 7.25. The molecule has 0 aliphatic carbocycles. The molecule has 5 heteroatoms. The van der Waals surface area contributed by atoms with Crippen molar-refractivity contribution in [2.75, 3.05) is 6.54 Å². The number of carbonyl (C=O) groups is 1. The second-order valence-electron chi connectivity index (χ2n) is 3.72. The van der Waals surface area contributed by atoms with E-state index in [4.69, 9.17) is 9.52 Å². The molecule has 2 N–H and O–H groups in total. The molecule has 0 bridgehead atoms. The average Bonchev–Trinajstić information content (AvgIpc) is 2.85. The third-order valence-corrected chi connectivity index (χ3v) is 2.52. The molecule has 2 heterocycles. The molecule has 15 heavy (non-hydrogen) atoms. The van der Waals surface area contributed by atoms with Gasteiger partial charge in [0, 0.05) is 6.42 Å². The molecule has 1 aliphatic rings. The number of oxazole rings is 1. The van der Waals surface area contributed by atoms with E-state index in [2.05, 4.69) is 10.3 Å². The molecule has 2 rings (SSSR count). The van der Waals surface area contributed by atoms with E-state index in [1.807, 2.05) is 0 Å². The maximum Gasteiger partial charge on any atom is 0.303 e. The van der Waals surface area contributed by atoms with Gasteiger partial charge in [0.2, 0.25) is 5.89 Å². The van der Waals surface area contributed by atoms with Crippen LogP contribution in [0.1, 0.15) is 36.9 Å². The summed E-state index contributed by atoms with van der Waals surface area (Å²) in [6.45, 7) is 0.998. The lowest BCUT2D eigenvalue weighted by Gasteiger charge is -2.02. The largest absolute Gasteiger partial charge is 0.481 e. The molecule has 5 nitrogen and oxygen atoms in total. The van der Waals surface area contributed by atoms with Crippen LogP contribution in [0.5, 0.6) is 0 Å². The number of carboxylic acid groups (broad SMARTS) is 1. The van der Waals surface area contributed by atoms with Gasteiger partial charge in [-0.3, -0.25) is 4.79 Å². The van der Waals surface area contributed by atoms with Crippen LogP contribution in [0.2, 0.25) is 0 Å². The van der Waals surface area contributed by atoms with Crippen LogP contribution in [0.15, 0.2) is 10.7 Å². The summed E-state index contributed by atoms with van der Waals surface area (Å²) in [4.78, 5) is 14.6. The molecule has 0 amide bonds. The maximum absolute atomic E-state index is 10.4. The van der Waals surface area contributed by atoms with Crippen molar-refractivity contribution < 1.29 is 14.3 Å². The molecule has 1 atom stereocenters. The fourth-order valence-corrected chi connectivity index (χ4v) is 1.73. The highest BCUT2D eigenvalue weighted by Crippen LogP contribution is 2.22. The van der Waals surface area contributed by atoms with Gasteiger partial charge in [-0.05, 0) is 19.4 Å². The number of rotatable bonds is 4. The Morgan fingerprint density at radius 3 is 3.27 bits per heavy atom. The van der Waals surface area contributed by atoms with Crippen molar-refractivity contribution in [1.29, 1.82) is 0 Å². The summed E-state index contributed by atoms with van der Waals surface area (Å²) in [5.41, 5.74) is 0.723. The number of aryl methyl sites for hydroxylation is 1. The predicted octanol–water partition coefficient (Wildman–Crippen LogP) is 1.12. The third kappa shape index (κ3) is 2.56. The number of hydrogen-bond acceptors (Lipinski definition) is 4. The normalized spacial score (nSPS) is 20.7. The highest BCUT2D eigenvalue weighted by Gasteiger charge is 2.20. The van der Waals surface area contributed by atoms with Crippen molar-refractivity contribution in [3.8, 4) is 0 Å². The highest BCUT2D eigenvalue weighted by atomic mass is 16.4. The summed E-state index contributed by atoms with van der Waals surface area (Å²) >= 11 is 0. The standard InChI is InChI=1S/C10H14N2O3/c13-9(14)4-3-7-6-15-10(12-7)8-2-1-5-11-8/h6,8,11H,1-5H2,(H,13,14). The lowest BCUT2D eigenvalue weighted by molar-refractivity contribution is -0.136. The minimum atomic E-state index is -0.807. The Kier molecular flexibility index (Phi) is 3.01. The summed E-state index contributed by atoms with van der Waals surface area (Å²) in [5, 5.41) is 11.8. The van der Waals surface area contributed by atoms with Crippen LogP contribution >= 0.6 is 0 Å². The Balaban J connectivity index is 1.94. The zero-order valence-electron chi connectivity index (χ0n) is 8.40. The van der Waals surface area contributed by atoms with Crippen molar-refractivity contribution in [1.82, 2.24) is 10.3 Å². The zero-order chi connectivity index (χ0) is 10.7. The Hall–Kier alpha value is -1.36. The first kappa shape index (κ1) is 10.2. The van der Waals surface area contributed by atoms with Gasteiger partial charge in [0.1, 0.15) is 6.26 Å². The minimum absolute atomic E-state index is 0.101. The van der Waals surface area contributed by atoms with E-state index in [1.165, 1.54) is 0 Å². The summed E-state index contributed by atoms with van der Waals surface area (Å²) < 4.78 is 5.31. The number of aliphatic carboxylic acids is 1. The Morgan fingerprint density at radius 2 is 2.60 bits per heavy atom. The summed E-state index contributed by atoms with van der Waals surface area (Å²) in [5.74, 6) is -0.119. The molecule has 1 unspecified atom stereocenters. The number of carboxylic acids is 1. The molecule has 0 radical (unpaired) electrons. The Morgan fingerprint density at radius 1 is 1.73 bits per heavy atom. The third-order valence-electron chi connectivity index (χ3n) is 2.52. The van der Waals surface area contributed by atoms with Crippen LogP contribution in [0.4, 0.5) is 0 Å². The van der Waals surface area contributed by atoms with E-state index in [-0.39, 0.29) is 12.5 Å². The smallest absolute Gasteiger partial charge is 0.303 e. The van der Waals surface area contributed by atoms with Gasteiger partial charge in [-0.2, -0.15) is 0 Å². The van der Waals surface area contributed by atoms with Crippen molar-refractivity contribution in [2.24, 2.45) is 0 Å². The average molecular weight is 210 g/mol. The Labute approximate surface area is 87.5 Å². The van der Waals surface area contributed by atoms with Crippen LogP contribution < -0.4 is 5.32 Å². The zero-order valence-corrected chi connectivity index (χ0v) is 8.40. The molecule has 0 saturated carbocycles. The van der Waals surface area contributed by atoms with Crippen LogP contribution in [-0.2, 0) is 11.2 Å². The van der Waals surface area contributed by atoms with Gasteiger partial charge in [-0.15, -0.1) is 0 Å². The second kappa shape index (κ2) is 4.44. The fraction of sp³-hybridized carbons (Fsp3) is 0.600. The van der Waals surface area contributed by atoms with E-state index < -0.39 is 5.97 Å². The van der Waals surface area contributed by atoms with Gasteiger partial charge in [0.25, 0.3) is 0 Å². The van der Waals surface area contributed by atoms with Crippen LogP contribution in [-0.4, -0.2) is 22.6 Å². The SMILES string of the molecule is O=C(O)CCc1coc(C2CCCN2)n1. The quantitative estimate of drug-likeness (QED) is 0.778. The molecule has 1 aromatic heterocycles. The molecule has 0 aromatic carbocycles. The summed E-state index contributed by atoms with van der Waals surface area (Å²) in [6, 6.07) is 0.212. The highest BCUT2D eigenvalue weighted by molar-refractivity contribution is 5.66. The van der Waals surface area contributed by atoms with E-state index in [0.29, 0.717) is 12.3 Å². The lowest BCUT2D eigenvalue weighted by Crippen LogP contribution is -2.13. The van der Waals surface area contributed by atoms with Gasteiger partial charge >= 0.3 is 5.97 Å². The maximum atomic E-state index is 10.4. The van der Waals surface area contributed by atoms with E-state index in [1.54, 1.807) is 6.26 Å². The molecule has 1 aliphatic heterocycles. The van der Waals surface area contributed by atoms with Crippen molar-refractivity contribution >= 4 is 5.97 Å². The van der Waals surface area contributed by atoms with E-state index in [0.717, 1.165) is 25.1 Å². The number of hydrogen-bond donors (Lipinski definition) is 2. The van der Waals surface area contributed by atoms with Gasteiger partial charge in [-0.1, -0.05) is 0 Å². The van der Waals surface area contributed by atoms with E-state index in [9.17, 15) is 4.79 Å². The first-order valence-corrected chi connectivity index (χ1v) is 5.15. The summed E-state index contributed by atoms with van der Waals surface area (Å²) in [7, 11) is 0. The topological polar surface area (TPSA) is 75.4 Å². The molecule has 1 saturated heterocycles. The van der Waals surface area contributed by atoms with Crippen molar-refractivity contribution in [2.45, 2.75) is 31.7 Å². The first-order valence-electron chi connectivity index (χ1n) is 5.15. The number of nitrogens with one attached hydrogen (secondary N) is 1. The number of nitrogens with zero attached hydrogens (tertiary/aromatic N) is 1. The van der Waals surface area contributed by atoms with Gasteiger partial charge < -0.3 is 14.8 Å². The minimum Gasteiger partial charge on any atom is -0.481 e. The Bertz CT molecular complexity index is 342. The van der Waals surface area contributed by atoms with E-state index >= 15 is 0 Å². The molecule has 82 valence electrons. The summed E-state index contributed by atoms with van der Waals surface area (Å²) in [6.07, 6.45) is 4.27. The monoisotopic (exact) mass is 210 g/mol. The van der Waals surface area contributed by atoms with Gasteiger partial charge in [-0.25, -0.2) is 4.98 Å². The second-order valence-corrected chi connectivity index (χ2v) is 3.72. The van der Waals surface area contributed by atoms with Crippen LogP contribution in [0.3, 0.4) is 0 Å². The molecular weight excluding hydrogens is 196 g/mol. The van der Waals surface area contributed by atoms with Gasteiger partial charge in [0.05, 0.1) is 18.2 Å².